The van der Waals surface area contributed by atoms with Crippen LogP contribution in [0, 0.1) is 0 Å². The Morgan fingerprint density at radius 3 is 2.40 bits per heavy atom. The molecule has 2 aromatic rings. The number of nitrogens with one attached hydrogen (secondary N) is 1. The molecule has 0 atom stereocenters. The van der Waals surface area contributed by atoms with Gasteiger partial charge in [-0.05, 0) is 42.5 Å². The van der Waals surface area contributed by atoms with Crippen LogP contribution in [0.5, 0.6) is 0 Å². The van der Waals surface area contributed by atoms with E-state index in [9.17, 15) is 9.59 Å². The first-order valence-corrected chi connectivity index (χ1v) is 8.58. The minimum absolute atomic E-state index is 0.0990. The van der Waals surface area contributed by atoms with Crippen LogP contribution in [0.4, 0.5) is 0 Å². The van der Waals surface area contributed by atoms with E-state index in [-0.39, 0.29) is 18.2 Å². The Labute approximate surface area is 149 Å². The smallest absolute Gasteiger partial charge is 0.231 e. The molecule has 132 valence electrons. The first-order chi connectivity index (χ1) is 12.1. The van der Waals surface area contributed by atoms with E-state index in [1.807, 2.05) is 30.3 Å². The number of carbonyl (C=O) groups is 2. The maximum absolute atomic E-state index is 12.1. The lowest BCUT2D eigenvalue weighted by Crippen LogP contribution is -2.34. The number of likely N-dealkylation sites (N-methyl/N-ethyl adjacent to an activating group) is 1. The fourth-order valence-electron chi connectivity index (χ4n) is 2.47. The number of nitrogens with zero attached hydrogens (tertiary/aromatic N) is 2. The molecule has 2 rings (SSSR count). The van der Waals surface area contributed by atoms with E-state index < -0.39 is 0 Å². The Kier molecular flexibility index (Phi) is 7.63. The highest BCUT2D eigenvalue weighted by Crippen LogP contribution is 2.02. The lowest BCUT2D eigenvalue weighted by atomic mass is 10.1. The number of aromatic nitrogens is 1. The molecule has 25 heavy (non-hydrogen) atoms. The van der Waals surface area contributed by atoms with Crippen LogP contribution in [-0.4, -0.2) is 41.8 Å². The van der Waals surface area contributed by atoms with Gasteiger partial charge in [-0.2, -0.15) is 0 Å². The molecule has 0 saturated heterocycles. The monoisotopic (exact) mass is 339 g/mol. The Hall–Kier alpha value is -2.69. The summed E-state index contributed by atoms with van der Waals surface area (Å²) in [5.41, 5.74) is 2.38. The van der Waals surface area contributed by atoms with Crippen molar-refractivity contribution in [3.63, 3.8) is 0 Å². The van der Waals surface area contributed by atoms with Gasteiger partial charge in [0.1, 0.15) is 6.42 Å². The molecule has 2 amide bonds. The number of aryl methyl sites for hydroxylation is 1. The largest absolute Gasteiger partial charge is 0.356 e. The zero-order chi connectivity index (χ0) is 17.9. The molecule has 1 heterocycles. The van der Waals surface area contributed by atoms with Crippen molar-refractivity contribution < 1.29 is 9.59 Å². The van der Waals surface area contributed by atoms with Gasteiger partial charge in [0, 0.05) is 32.5 Å². The molecule has 0 unspecified atom stereocenters. The minimum Gasteiger partial charge on any atom is -0.356 e. The fourth-order valence-corrected chi connectivity index (χ4v) is 2.47. The third-order valence-corrected chi connectivity index (χ3v) is 4.03. The third kappa shape index (κ3) is 7.16. The molecule has 0 aliphatic rings. The van der Waals surface area contributed by atoms with Gasteiger partial charge in [0.05, 0.1) is 0 Å². The van der Waals surface area contributed by atoms with E-state index in [0.29, 0.717) is 13.1 Å². The Bertz CT molecular complexity index is 659. The summed E-state index contributed by atoms with van der Waals surface area (Å²) in [6, 6.07) is 14.0. The number of hydrogen-bond acceptors (Lipinski definition) is 3. The predicted molar refractivity (Wildman–Crippen MR) is 98.0 cm³/mol. The van der Waals surface area contributed by atoms with Crippen molar-refractivity contribution in [2.45, 2.75) is 25.7 Å². The van der Waals surface area contributed by atoms with Gasteiger partial charge in [-0.1, -0.05) is 30.3 Å². The maximum atomic E-state index is 12.1. The van der Waals surface area contributed by atoms with Crippen LogP contribution in [-0.2, 0) is 22.4 Å². The first-order valence-electron chi connectivity index (χ1n) is 8.58. The van der Waals surface area contributed by atoms with Crippen LogP contribution >= 0.6 is 0 Å². The van der Waals surface area contributed by atoms with E-state index in [4.69, 9.17) is 0 Å². The molecule has 5 heteroatoms. The Balaban J connectivity index is 1.61. The molecule has 0 spiro atoms. The molecule has 0 radical (unpaired) electrons. The van der Waals surface area contributed by atoms with Crippen LogP contribution in [0.3, 0.4) is 0 Å². The average Bonchev–Trinajstić information content (AvgIpc) is 2.65. The predicted octanol–water partition coefficient (Wildman–Crippen LogP) is 2.22. The summed E-state index contributed by atoms with van der Waals surface area (Å²) in [5.74, 6) is -0.372. The van der Waals surface area contributed by atoms with Crippen LogP contribution in [0.2, 0.25) is 0 Å². The first kappa shape index (κ1) is 18.6. The lowest BCUT2D eigenvalue weighted by molar-refractivity contribution is -0.135. The highest BCUT2D eigenvalue weighted by molar-refractivity contribution is 5.96. The van der Waals surface area contributed by atoms with Crippen molar-refractivity contribution in [1.29, 1.82) is 0 Å². The zero-order valence-electron chi connectivity index (χ0n) is 14.6. The van der Waals surface area contributed by atoms with Crippen LogP contribution in [0.15, 0.2) is 54.9 Å². The number of benzene rings is 1. The van der Waals surface area contributed by atoms with Crippen LogP contribution < -0.4 is 5.32 Å². The highest BCUT2D eigenvalue weighted by atomic mass is 16.2. The van der Waals surface area contributed by atoms with Crippen molar-refractivity contribution >= 4 is 11.8 Å². The van der Waals surface area contributed by atoms with Crippen molar-refractivity contribution in [2.24, 2.45) is 0 Å². The van der Waals surface area contributed by atoms with Crippen LogP contribution in [0.25, 0.3) is 0 Å². The lowest BCUT2D eigenvalue weighted by Gasteiger charge is -2.17. The van der Waals surface area contributed by atoms with Gasteiger partial charge in [-0.25, -0.2) is 0 Å². The molecule has 0 bridgehead atoms. The summed E-state index contributed by atoms with van der Waals surface area (Å²) in [5, 5.41) is 2.82. The second-order valence-corrected chi connectivity index (χ2v) is 6.04. The third-order valence-electron chi connectivity index (χ3n) is 4.03. The molecule has 5 nitrogen and oxygen atoms in total. The summed E-state index contributed by atoms with van der Waals surface area (Å²) >= 11 is 0. The fraction of sp³-hybridized carbons (Fsp3) is 0.350. The Morgan fingerprint density at radius 1 is 1.00 bits per heavy atom. The standard InChI is InChI=1S/C20H25N3O2/c1-23(15-11-18-9-13-21-14-10-18)20(25)16-19(24)22-12-5-8-17-6-3-2-4-7-17/h2-4,6-7,9-10,13-14H,5,8,11-12,15-16H2,1H3,(H,22,24). The summed E-state index contributed by atoms with van der Waals surface area (Å²) in [6.07, 6.45) is 5.91. The van der Waals surface area contributed by atoms with Gasteiger partial charge in [-0.15, -0.1) is 0 Å². The average molecular weight is 339 g/mol. The molecule has 0 fully saturated rings. The molecule has 0 aliphatic carbocycles. The van der Waals surface area contributed by atoms with Crippen molar-refractivity contribution in [2.75, 3.05) is 20.1 Å². The molecule has 1 N–H and O–H groups in total. The van der Waals surface area contributed by atoms with E-state index in [1.165, 1.54) is 5.56 Å². The topological polar surface area (TPSA) is 62.3 Å². The molecule has 1 aromatic carbocycles. The quantitative estimate of drug-likeness (QED) is 0.563. The number of rotatable bonds is 9. The Morgan fingerprint density at radius 2 is 1.68 bits per heavy atom. The molecule has 0 aliphatic heterocycles. The second-order valence-electron chi connectivity index (χ2n) is 6.04. The van der Waals surface area contributed by atoms with E-state index >= 15 is 0 Å². The second kappa shape index (κ2) is 10.2. The molecule has 1 aromatic heterocycles. The summed E-state index contributed by atoms with van der Waals surface area (Å²) in [6.45, 7) is 1.17. The van der Waals surface area contributed by atoms with Crippen molar-refractivity contribution in [3.05, 3.63) is 66.0 Å². The van der Waals surface area contributed by atoms with Crippen molar-refractivity contribution in [3.8, 4) is 0 Å². The van der Waals surface area contributed by atoms with E-state index in [2.05, 4.69) is 22.4 Å². The summed E-state index contributed by atoms with van der Waals surface area (Å²) in [4.78, 5) is 29.5. The minimum atomic E-state index is -0.214. The summed E-state index contributed by atoms with van der Waals surface area (Å²) in [7, 11) is 1.73. The highest BCUT2D eigenvalue weighted by Gasteiger charge is 2.13. The zero-order valence-corrected chi connectivity index (χ0v) is 14.6. The van der Waals surface area contributed by atoms with Gasteiger partial charge in [0.25, 0.3) is 0 Å². The summed E-state index contributed by atoms with van der Waals surface area (Å²) < 4.78 is 0. The van der Waals surface area contributed by atoms with E-state index in [0.717, 1.165) is 24.8 Å². The number of hydrogen-bond donors (Lipinski definition) is 1. The van der Waals surface area contributed by atoms with Crippen LogP contribution in [0.1, 0.15) is 24.0 Å². The van der Waals surface area contributed by atoms with Gasteiger partial charge in [0.2, 0.25) is 11.8 Å². The number of pyridine rings is 1. The van der Waals surface area contributed by atoms with Gasteiger partial charge < -0.3 is 10.2 Å². The normalized spacial score (nSPS) is 10.3. The molecular weight excluding hydrogens is 314 g/mol. The van der Waals surface area contributed by atoms with Gasteiger partial charge in [-0.3, -0.25) is 14.6 Å². The molecule has 0 saturated carbocycles. The van der Waals surface area contributed by atoms with Gasteiger partial charge in [0.15, 0.2) is 0 Å². The maximum Gasteiger partial charge on any atom is 0.231 e. The van der Waals surface area contributed by atoms with Gasteiger partial charge >= 0.3 is 0 Å². The number of carbonyl (C=O) groups excluding carboxylic acids is 2. The van der Waals surface area contributed by atoms with Crippen molar-refractivity contribution in [1.82, 2.24) is 15.2 Å². The SMILES string of the molecule is CN(CCc1ccncc1)C(=O)CC(=O)NCCCc1ccccc1. The molecular formula is C20H25N3O2. The number of amides is 2. The van der Waals surface area contributed by atoms with E-state index in [1.54, 1.807) is 24.3 Å².